The number of rotatable bonds is 7. The molecule has 0 spiro atoms. The molecule has 0 aliphatic carbocycles. The molecule has 0 radical (unpaired) electrons. The Balaban J connectivity index is 1.86. The summed E-state index contributed by atoms with van der Waals surface area (Å²) in [6.07, 6.45) is 2.94. The van der Waals surface area contributed by atoms with Crippen LogP contribution in [0, 0.1) is 0 Å². The van der Waals surface area contributed by atoms with Gasteiger partial charge in [-0.3, -0.25) is 0 Å². The van der Waals surface area contributed by atoms with Crippen molar-refractivity contribution in [1.29, 1.82) is 0 Å². The standard InChI is InChI=1S/C14H18N2OS/c1-2-6-15-10-12-5-7-16-14(9-12)17-11-13-4-3-8-18-13/h3-5,7-9,15H,2,6,10-11H2,1H3. The van der Waals surface area contributed by atoms with Crippen LogP contribution in [0.2, 0.25) is 0 Å². The molecular weight excluding hydrogens is 244 g/mol. The number of pyridine rings is 1. The van der Waals surface area contributed by atoms with Crippen molar-refractivity contribution < 1.29 is 4.74 Å². The number of ether oxygens (including phenoxy) is 1. The molecule has 0 aliphatic rings. The molecule has 0 amide bonds. The molecule has 0 aliphatic heterocycles. The molecule has 0 saturated carbocycles. The summed E-state index contributed by atoms with van der Waals surface area (Å²) < 4.78 is 5.67. The lowest BCUT2D eigenvalue weighted by atomic mass is 10.2. The second-order valence-electron chi connectivity index (χ2n) is 4.05. The van der Waals surface area contributed by atoms with Crippen LogP contribution in [0.3, 0.4) is 0 Å². The Morgan fingerprint density at radius 2 is 2.33 bits per heavy atom. The van der Waals surface area contributed by atoms with E-state index < -0.39 is 0 Å². The van der Waals surface area contributed by atoms with Gasteiger partial charge in [0, 0.05) is 23.7 Å². The van der Waals surface area contributed by atoms with Gasteiger partial charge in [0.15, 0.2) is 0 Å². The lowest BCUT2D eigenvalue weighted by Gasteiger charge is -2.06. The molecule has 96 valence electrons. The molecule has 2 aromatic rings. The zero-order chi connectivity index (χ0) is 12.6. The van der Waals surface area contributed by atoms with E-state index in [9.17, 15) is 0 Å². The molecule has 3 nitrogen and oxygen atoms in total. The van der Waals surface area contributed by atoms with Gasteiger partial charge < -0.3 is 10.1 Å². The highest BCUT2D eigenvalue weighted by molar-refractivity contribution is 7.09. The monoisotopic (exact) mass is 262 g/mol. The number of nitrogens with zero attached hydrogens (tertiary/aromatic N) is 1. The van der Waals surface area contributed by atoms with Crippen molar-refractivity contribution in [3.05, 3.63) is 46.3 Å². The maximum atomic E-state index is 5.67. The van der Waals surface area contributed by atoms with Gasteiger partial charge in [-0.1, -0.05) is 13.0 Å². The Morgan fingerprint density at radius 3 is 3.11 bits per heavy atom. The van der Waals surface area contributed by atoms with Crippen LogP contribution in [-0.2, 0) is 13.2 Å². The van der Waals surface area contributed by atoms with Gasteiger partial charge in [0.25, 0.3) is 0 Å². The first-order chi connectivity index (χ1) is 8.88. The first kappa shape index (κ1) is 13.1. The summed E-state index contributed by atoms with van der Waals surface area (Å²) in [5, 5.41) is 5.42. The lowest BCUT2D eigenvalue weighted by molar-refractivity contribution is 0.297. The van der Waals surface area contributed by atoms with Crippen molar-refractivity contribution >= 4 is 11.3 Å². The minimum atomic E-state index is 0.594. The molecule has 0 saturated heterocycles. The average molecular weight is 262 g/mol. The van der Waals surface area contributed by atoms with Gasteiger partial charge in [0.05, 0.1) is 0 Å². The van der Waals surface area contributed by atoms with Gasteiger partial charge in [-0.25, -0.2) is 4.98 Å². The predicted octanol–water partition coefficient (Wildman–Crippen LogP) is 3.22. The van der Waals surface area contributed by atoms with Crippen LogP contribution >= 0.6 is 11.3 Å². The van der Waals surface area contributed by atoms with Gasteiger partial charge in [0.2, 0.25) is 5.88 Å². The Hall–Kier alpha value is -1.39. The van der Waals surface area contributed by atoms with E-state index in [0.717, 1.165) is 19.5 Å². The van der Waals surface area contributed by atoms with Crippen molar-refractivity contribution in [2.24, 2.45) is 0 Å². The van der Waals surface area contributed by atoms with E-state index in [1.807, 2.05) is 18.2 Å². The summed E-state index contributed by atoms with van der Waals surface area (Å²) in [6.45, 7) is 4.66. The van der Waals surface area contributed by atoms with Crippen molar-refractivity contribution in [2.45, 2.75) is 26.5 Å². The van der Waals surface area contributed by atoms with E-state index >= 15 is 0 Å². The van der Waals surface area contributed by atoms with Gasteiger partial charge in [-0.2, -0.15) is 0 Å². The molecule has 0 bridgehead atoms. The number of hydrogen-bond donors (Lipinski definition) is 1. The summed E-state index contributed by atoms with van der Waals surface area (Å²) in [6, 6.07) is 8.11. The van der Waals surface area contributed by atoms with Crippen LogP contribution in [0.5, 0.6) is 5.88 Å². The summed E-state index contributed by atoms with van der Waals surface area (Å²) in [5.74, 6) is 0.694. The van der Waals surface area contributed by atoms with E-state index in [2.05, 4.69) is 28.7 Å². The van der Waals surface area contributed by atoms with Crippen LogP contribution < -0.4 is 10.1 Å². The molecule has 4 heteroatoms. The van der Waals surface area contributed by atoms with Crippen molar-refractivity contribution in [3.8, 4) is 5.88 Å². The van der Waals surface area contributed by atoms with Gasteiger partial charge in [-0.15, -0.1) is 11.3 Å². The molecule has 0 fully saturated rings. The highest BCUT2D eigenvalue weighted by Crippen LogP contribution is 2.14. The van der Waals surface area contributed by atoms with Gasteiger partial charge in [-0.05, 0) is 36.0 Å². The fourth-order valence-corrected chi connectivity index (χ4v) is 2.20. The van der Waals surface area contributed by atoms with Crippen LogP contribution in [0.1, 0.15) is 23.8 Å². The van der Waals surface area contributed by atoms with E-state index in [4.69, 9.17) is 4.74 Å². The van der Waals surface area contributed by atoms with Crippen LogP contribution in [0.4, 0.5) is 0 Å². The van der Waals surface area contributed by atoms with E-state index in [-0.39, 0.29) is 0 Å². The minimum Gasteiger partial charge on any atom is -0.472 e. The highest BCUT2D eigenvalue weighted by Gasteiger charge is 2.00. The number of nitrogens with one attached hydrogen (secondary N) is 1. The van der Waals surface area contributed by atoms with Crippen molar-refractivity contribution in [2.75, 3.05) is 6.54 Å². The molecule has 0 unspecified atom stereocenters. The maximum Gasteiger partial charge on any atom is 0.213 e. The Morgan fingerprint density at radius 1 is 1.39 bits per heavy atom. The minimum absolute atomic E-state index is 0.594. The SMILES string of the molecule is CCCNCc1ccnc(OCc2cccs2)c1. The van der Waals surface area contributed by atoms with Crippen LogP contribution in [-0.4, -0.2) is 11.5 Å². The molecule has 18 heavy (non-hydrogen) atoms. The topological polar surface area (TPSA) is 34.2 Å². The molecule has 1 N–H and O–H groups in total. The number of hydrogen-bond acceptors (Lipinski definition) is 4. The Bertz CT molecular complexity index is 457. The third-order valence-electron chi connectivity index (χ3n) is 2.50. The Kier molecular flexibility index (Phi) is 5.17. The highest BCUT2D eigenvalue weighted by atomic mass is 32.1. The zero-order valence-electron chi connectivity index (χ0n) is 10.6. The Labute approximate surface area is 112 Å². The smallest absolute Gasteiger partial charge is 0.213 e. The first-order valence-corrected chi connectivity index (χ1v) is 7.07. The van der Waals surface area contributed by atoms with Crippen LogP contribution in [0.15, 0.2) is 35.8 Å². The number of thiophene rings is 1. The molecular formula is C14H18N2OS. The summed E-state index contributed by atoms with van der Waals surface area (Å²) in [4.78, 5) is 5.44. The molecule has 0 atom stereocenters. The van der Waals surface area contributed by atoms with Gasteiger partial charge in [0.1, 0.15) is 6.61 Å². The quantitative estimate of drug-likeness (QED) is 0.778. The third kappa shape index (κ3) is 4.13. The zero-order valence-corrected chi connectivity index (χ0v) is 11.4. The average Bonchev–Trinajstić information content (AvgIpc) is 2.90. The predicted molar refractivity (Wildman–Crippen MR) is 74.9 cm³/mol. The normalized spacial score (nSPS) is 10.5. The van der Waals surface area contributed by atoms with Gasteiger partial charge >= 0.3 is 0 Å². The van der Waals surface area contributed by atoms with Crippen molar-refractivity contribution in [3.63, 3.8) is 0 Å². The van der Waals surface area contributed by atoms with Crippen LogP contribution in [0.25, 0.3) is 0 Å². The van der Waals surface area contributed by atoms with E-state index in [1.54, 1.807) is 17.5 Å². The lowest BCUT2D eigenvalue weighted by Crippen LogP contribution is -2.13. The fourth-order valence-electron chi connectivity index (χ4n) is 1.59. The summed E-state index contributed by atoms with van der Waals surface area (Å²) in [7, 11) is 0. The first-order valence-electron chi connectivity index (χ1n) is 6.19. The molecule has 2 heterocycles. The maximum absolute atomic E-state index is 5.67. The second kappa shape index (κ2) is 7.13. The second-order valence-corrected chi connectivity index (χ2v) is 5.08. The summed E-state index contributed by atoms with van der Waals surface area (Å²) in [5.41, 5.74) is 1.21. The molecule has 2 rings (SSSR count). The molecule has 2 aromatic heterocycles. The largest absolute Gasteiger partial charge is 0.472 e. The van der Waals surface area contributed by atoms with Crippen molar-refractivity contribution in [1.82, 2.24) is 10.3 Å². The fraction of sp³-hybridized carbons (Fsp3) is 0.357. The third-order valence-corrected chi connectivity index (χ3v) is 3.35. The number of aromatic nitrogens is 1. The van der Waals surface area contributed by atoms with E-state index in [1.165, 1.54) is 10.4 Å². The van der Waals surface area contributed by atoms with E-state index in [0.29, 0.717) is 12.5 Å². The summed E-state index contributed by atoms with van der Waals surface area (Å²) >= 11 is 1.70. The molecule has 0 aromatic carbocycles.